The minimum atomic E-state index is -0.0453. The Hall–Kier alpha value is -3.77. The monoisotopic (exact) mass is 429 g/mol. The summed E-state index contributed by atoms with van der Waals surface area (Å²) < 4.78 is 5.21. The molecule has 0 aliphatic carbocycles. The number of nitrogens with zero attached hydrogens (tertiary/aromatic N) is 1. The van der Waals surface area contributed by atoms with Crippen LogP contribution < -0.4 is 15.5 Å². The van der Waals surface area contributed by atoms with Gasteiger partial charge in [0.1, 0.15) is 5.75 Å². The second-order valence-electron chi connectivity index (χ2n) is 7.58. The summed E-state index contributed by atoms with van der Waals surface area (Å²) in [6.07, 6.45) is 2.50. The van der Waals surface area contributed by atoms with Gasteiger partial charge >= 0.3 is 0 Å². The molecule has 164 valence electrons. The van der Waals surface area contributed by atoms with E-state index in [1.807, 2.05) is 72.9 Å². The third-order valence-corrected chi connectivity index (χ3v) is 5.48. The summed E-state index contributed by atoms with van der Waals surface area (Å²) in [4.78, 5) is 20.2. The van der Waals surface area contributed by atoms with E-state index in [4.69, 9.17) is 9.57 Å². The van der Waals surface area contributed by atoms with E-state index in [-0.39, 0.29) is 11.9 Å². The van der Waals surface area contributed by atoms with E-state index >= 15 is 0 Å². The van der Waals surface area contributed by atoms with Crippen LogP contribution in [0.4, 0.5) is 5.69 Å². The number of hydrogen-bond donors (Lipinski definition) is 2. The van der Waals surface area contributed by atoms with Crippen LogP contribution in [0.15, 0.2) is 90.8 Å². The van der Waals surface area contributed by atoms with E-state index in [0.717, 1.165) is 28.3 Å². The van der Waals surface area contributed by atoms with Gasteiger partial charge in [-0.15, -0.1) is 0 Å². The number of benzene rings is 3. The Labute approximate surface area is 188 Å². The number of carbonyl (C=O) groups excluding carboxylic acids is 1. The lowest BCUT2D eigenvalue weighted by molar-refractivity contribution is 0.0790. The summed E-state index contributed by atoms with van der Waals surface area (Å²) in [7, 11) is 3.21. The molecule has 1 aliphatic rings. The summed E-state index contributed by atoms with van der Waals surface area (Å²) in [6.45, 7) is 0.603. The summed E-state index contributed by atoms with van der Waals surface area (Å²) in [5.41, 5.74) is 7.57. The fourth-order valence-corrected chi connectivity index (χ4v) is 3.80. The number of nitrogens with one attached hydrogen (secondary N) is 2. The molecule has 1 amide bonds. The van der Waals surface area contributed by atoms with Crippen LogP contribution in [0.1, 0.15) is 16.8 Å². The highest BCUT2D eigenvalue weighted by Crippen LogP contribution is 2.25. The van der Waals surface area contributed by atoms with Crippen molar-refractivity contribution in [2.24, 2.45) is 0 Å². The number of carbonyl (C=O) groups is 1. The fraction of sp³-hybridized carbons (Fsp3) is 0.192. The Morgan fingerprint density at radius 2 is 1.62 bits per heavy atom. The van der Waals surface area contributed by atoms with Gasteiger partial charge in [-0.3, -0.25) is 15.1 Å². The number of hydroxylamine groups is 1. The van der Waals surface area contributed by atoms with E-state index in [9.17, 15) is 4.79 Å². The van der Waals surface area contributed by atoms with Crippen LogP contribution in [-0.2, 0) is 4.84 Å². The Kier molecular flexibility index (Phi) is 6.72. The van der Waals surface area contributed by atoms with Gasteiger partial charge in [0.2, 0.25) is 0 Å². The maximum atomic E-state index is 13.3. The van der Waals surface area contributed by atoms with E-state index in [1.165, 1.54) is 0 Å². The molecule has 0 saturated carbocycles. The van der Waals surface area contributed by atoms with Crippen molar-refractivity contribution in [1.82, 2.24) is 10.4 Å². The molecule has 1 heterocycles. The second kappa shape index (κ2) is 10.0. The number of methoxy groups -OCH3 is 1. The zero-order valence-electron chi connectivity index (χ0n) is 18.2. The van der Waals surface area contributed by atoms with Crippen molar-refractivity contribution < 1.29 is 14.4 Å². The van der Waals surface area contributed by atoms with Gasteiger partial charge in [-0.05, 0) is 47.5 Å². The highest BCUT2D eigenvalue weighted by Gasteiger charge is 2.30. The van der Waals surface area contributed by atoms with Crippen molar-refractivity contribution in [3.8, 4) is 16.9 Å². The van der Waals surface area contributed by atoms with Gasteiger partial charge in [-0.25, -0.2) is 0 Å². The van der Waals surface area contributed by atoms with Gasteiger partial charge in [0.25, 0.3) is 5.91 Å². The van der Waals surface area contributed by atoms with Crippen LogP contribution >= 0.6 is 0 Å². The zero-order valence-corrected chi connectivity index (χ0v) is 18.2. The number of rotatable bonds is 8. The molecule has 0 saturated heterocycles. The third kappa shape index (κ3) is 4.92. The predicted octanol–water partition coefficient (Wildman–Crippen LogP) is 4.68. The number of hydrogen-bond acceptors (Lipinski definition) is 5. The van der Waals surface area contributed by atoms with Crippen molar-refractivity contribution in [2.75, 3.05) is 26.1 Å². The average molecular weight is 430 g/mol. The van der Waals surface area contributed by atoms with Crippen molar-refractivity contribution >= 4 is 11.6 Å². The molecular formula is C26H27N3O3. The van der Waals surface area contributed by atoms with Gasteiger partial charge in [0, 0.05) is 30.4 Å². The SMILES string of the molecule is CONC1=CN(C(=O)c2ccc(-c3ccccc3)cc2)C(CNc2ccc(OC)cc2)C1. The Bertz CT molecular complexity index is 1060. The molecule has 4 rings (SSSR count). The third-order valence-electron chi connectivity index (χ3n) is 5.48. The minimum Gasteiger partial charge on any atom is -0.497 e. The van der Waals surface area contributed by atoms with Crippen LogP contribution in [0.3, 0.4) is 0 Å². The summed E-state index contributed by atoms with van der Waals surface area (Å²) >= 11 is 0. The van der Waals surface area contributed by atoms with E-state index in [2.05, 4.69) is 22.9 Å². The van der Waals surface area contributed by atoms with Crippen LogP contribution in [0.25, 0.3) is 11.1 Å². The van der Waals surface area contributed by atoms with Gasteiger partial charge < -0.3 is 15.0 Å². The summed E-state index contributed by atoms with van der Waals surface area (Å²) in [6, 6.07) is 25.6. The summed E-state index contributed by atoms with van der Waals surface area (Å²) in [5.74, 6) is 0.763. The molecule has 3 aromatic carbocycles. The molecular weight excluding hydrogens is 402 g/mol. The first kappa shape index (κ1) is 21.5. The Balaban J connectivity index is 1.48. The van der Waals surface area contributed by atoms with Crippen LogP contribution in [0.2, 0.25) is 0 Å². The Morgan fingerprint density at radius 1 is 0.938 bits per heavy atom. The van der Waals surface area contributed by atoms with Gasteiger partial charge in [-0.1, -0.05) is 42.5 Å². The van der Waals surface area contributed by atoms with Crippen molar-refractivity contribution in [3.05, 3.63) is 96.3 Å². The lowest BCUT2D eigenvalue weighted by Gasteiger charge is -2.24. The molecule has 2 N–H and O–H groups in total. The maximum Gasteiger partial charge on any atom is 0.258 e. The fourth-order valence-electron chi connectivity index (χ4n) is 3.80. The van der Waals surface area contributed by atoms with Crippen molar-refractivity contribution in [2.45, 2.75) is 12.5 Å². The largest absolute Gasteiger partial charge is 0.497 e. The normalized spacial score (nSPS) is 15.2. The first-order valence-corrected chi connectivity index (χ1v) is 10.5. The zero-order chi connectivity index (χ0) is 22.3. The van der Waals surface area contributed by atoms with Crippen LogP contribution in [-0.4, -0.2) is 37.6 Å². The molecule has 6 heteroatoms. The molecule has 0 spiro atoms. The van der Waals surface area contributed by atoms with Crippen molar-refractivity contribution in [3.63, 3.8) is 0 Å². The highest BCUT2D eigenvalue weighted by atomic mass is 16.6. The molecule has 0 radical (unpaired) electrons. The lowest BCUT2D eigenvalue weighted by Crippen LogP contribution is -2.37. The maximum absolute atomic E-state index is 13.3. The van der Waals surface area contributed by atoms with E-state index in [1.54, 1.807) is 19.1 Å². The predicted molar refractivity (Wildman–Crippen MR) is 126 cm³/mol. The molecule has 0 bridgehead atoms. The highest BCUT2D eigenvalue weighted by molar-refractivity contribution is 5.96. The van der Waals surface area contributed by atoms with Crippen LogP contribution in [0.5, 0.6) is 5.75 Å². The first-order chi connectivity index (χ1) is 15.7. The number of amides is 1. The second-order valence-corrected chi connectivity index (χ2v) is 7.58. The minimum absolute atomic E-state index is 0.0426. The number of ether oxygens (including phenoxy) is 1. The average Bonchev–Trinajstić information content (AvgIpc) is 3.26. The van der Waals surface area contributed by atoms with Gasteiger partial charge in [0.15, 0.2) is 0 Å². The molecule has 1 unspecified atom stereocenters. The topological polar surface area (TPSA) is 62.8 Å². The molecule has 32 heavy (non-hydrogen) atoms. The first-order valence-electron chi connectivity index (χ1n) is 10.5. The molecule has 0 aromatic heterocycles. The molecule has 3 aromatic rings. The number of anilines is 1. The quantitative estimate of drug-likeness (QED) is 0.509. The molecule has 1 aliphatic heterocycles. The van der Waals surface area contributed by atoms with E-state index in [0.29, 0.717) is 18.5 Å². The van der Waals surface area contributed by atoms with Crippen LogP contribution in [0, 0.1) is 0 Å². The summed E-state index contributed by atoms with van der Waals surface area (Å²) in [5, 5.41) is 3.42. The molecule has 0 fully saturated rings. The smallest absolute Gasteiger partial charge is 0.258 e. The standard InChI is InChI=1S/C26H27N3O3/c1-31-25-14-12-22(13-15-25)27-17-24-16-23(28-32-2)18-29(24)26(30)21-10-8-20(9-11-21)19-6-4-3-5-7-19/h3-15,18,24,27-28H,16-17H2,1-2H3. The Morgan fingerprint density at radius 3 is 2.28 bits per heavy atom. The van der Waals surface area contributed by atoms with E-state index < -0.39 is 0 Å². The molecule has 1 atom stereocenters. The molecule has 6 nitrogen and oxygen atoms in total. The van der Waals surface area contributed by atoms with Crippen molar-refractivity contribution in [1.29, 1.82) is 0 Å². The lowest BCUT2D eigenvalue weighted by atomic mass is 10.0. The van der Waals surface area contributed by atoms with Gasteiger partial charge in [-0.2, -0.15) is 0 Å². The van der Waals surface area contributed by atoms with Gasteiger partial charge in [0.05, 0.1) is 26.0 Å².